The van der Waals surface area contributed by atoms with Gasteiger partial charge in [0.05, 0.1) is 12.7 Å². The van der Waals surface area contributed by atoms with Crippen LogP contribution in [0.5, 0.6) is 5.75 Å². The van der Waals surface area contributed by atoms with Gasteiger partial charge in [-0.1, -0.05) is 67.6 Å². The number of fused-ring (bicyclic) bond motifs is 1. The van der Waals surface area contributed by atoms with Crippen molar-refractivity contribution in [3.05, 3.63) is 92.4 Å². The average molecular weight is 488 g/mol. The van der Waals surface area contributed by atoms with Gasteiger partial charge >= 0.3 is 0 Å². The molecular formula is C28H29N3O3S. The third kappa shape index (κ3) is 4.65. The highest BCUT2D eigenvalue weighted by Crippen LogP contribution is 2.47. The van der Waals surface area contributed by atoms with Crippen LogP contribution >= 0.6 is 11.8 Å². The van der Waals surface area contributed by atoms with Gasteiger partial charge in [0.15, 0.2) is 10.9 Å². The van der Waals surface area contributed by atoms with Crippen molar-refractivity contribution < 1.29 is 9.53 Å². The largest absolute Gasteiger partial charge is 0.497 e. The fourth-order valence-corrected chi connectivity index (χ4v) is 5.74. The predicted octanol–water partition coefficient (Wildman–Crippen LogP) is 5.58. The minimum absolute atomic E-state index is 0.0763. The van der Waals surface area contributed by atoms with Gasteiger partial charge in [-0.25, -0.2) is 4.98 Å². The highest BCUT2D eigenvalue weighted by molar-refractivity contribution is 7.98. The smallest absolute Gasteiger partial charge is 0.257 e. The van der Waals surface area contributed by atoms with Gasteiger partial charge < -0.3 is 15.0 Å². The summed E-state index contributed by atoms with van der Waals surface area (Å²) in [7, 11) is 1.62. The van der Waals surface area contributed by atoms with Crippen molar-refractivity contribution in [2.24, 2.45) is 5.41 Å². The maximum absolute atomic E-state index is 13.4. The van der Waals surface area contributed by atoms with E-state index in [-0.39, 0.29) is 16.8 Å². The highest BCUT2D eigenvalue weighted by atomic mass is 32.2. The minimum atomic E-state index is -0.469. The van der Waals surface area contributed by atoms with Crippen LogP contribution in [0, 0.1) is 12.3 Å². The number of carbonyl (C=O) groups is 1. The molecule has 7 heteroatoms. The quantitative estimate of drug-likeness (QED) is 0.361. The third-order valence-corrected chi connectivity index (χ3v) is 7.59. The van der Waals surface area contributed by atoms with E-state index in [1.54, 1.807) is 7.11 Å². The number of hydrogen-bond acceptors (Lipinski definition) is 6. The van der Waals surface area contributed by atoms with E-state index in [4.69, 9.17) is 9.72 Å². The van der Waals surface area contributed by atoms with Crippen LogP contribution in [0.3, 0.4) is 0 Å². The number of carbonyl (C=O) groups excluding carboxylic acids is 1. The lowest BCUT2D eigenvalue weighted by Gasteiger charge is -2.38. The SMILES string of the molecule is COc1ccc(C2C3=C(CC(C)(C)CC3=O)Nc3nc(SCc4ccc(C)cc4)[nH]c(=O)c32)cc1. The second-order valence-corrected chi connectivity index (χ2v) is 11.0. The van der Waals surface area contributed by atoms with Crippen LogP contribution in [-0.4, -0.2) is 22.9 Å². The van der Waals surface area contributed by atoms with E-state index >= 15 is 0 Å². The van der Waals surface area contributed by atoms with Crippen molar-refractivity contribution in [2.45, 2.75) is 50.4 Å². The summed E-state index contributed by atoms with van der Waals surface area (Å²) < 4.78 is 5.32. The zero-order chi connectivity index (χ0) is 24.7. The predicted molar refractivity (Wildman–Crippen MR) is 139 cm³/mol. The zero-order valence-electron chi connectivity index (χ0n) is 20.4. The molecule has 180 valence electrons. The van der Waals surface area contributed by atoms with E-state index in [0.29, 0.717) is 34.3 Å². The summed E-state index contributed by atoms with van der Waals surface area (Å²) in [6, 6.07) is 15.9. The third-order valence-electron chi connectivity index (χ3n) is 6.65. The number of benzene rings is 2. The summed E-state index contributed by atoms with van der Waals surface area (Å²) in [5.74, 6) is 1.56. The maximum Gasteiger partial charge on any atom is 0.257 e. The second-order valence-electron chi connectivity index (χ2n) is 10.1. The van der Waals surface area contributed by atoms with E-state index in [9.17, 15) is 9.59 Å². The molecule has 1 aliphatic heterocycles. The molecular weight excluding hydrogens is 458 g/mol. The van der Waals surface area contributed by atoms with Crippen LogP contribution in [0.25, 0.3) is 0 Å². The lowest BCUT2D eigenvalue weighted by molar-refractivity contribution is -0.118. The molecule has 1 aromatic heterocycles. The molecule has 0 bridgehead atoms. The molecule has 1 aliphatic carbocycles. The van der Waals surface area contributed by atoms with Crippen LogP contribution in [0.1, 0.15) is 54.9 Å². The number of ether oxygens (including phenoxy) is 1. The van der Waals surface area contributed by atoms with Gasteiger partial charge in [-0.15, -0.1) is 0 Å². The van der Waals surface area contributed by atoms with Crippen LogP contribution in [0.2, 0.25) is 0 Å². The molecule has 6 nitrogen and oxygen atoms in total. The highest BCUT2D eigenvalue weighted by Gasteiger charge is 2.42. The van der Waals surface area contributed by atoms with Crippen LogP contribution in [0.4, 0.5) is 5.82 Å². The fraction of sp³-hybridized carbons (Fsp3) is 0.321. The van der Waals surface area contributed by atoms with E-state index in [2.05, 4.69) is 55.3 Å². The number of ketones is 1. The number of anilines is 1. The van der Waals surface area contributed by atoms with Crippen LogP contribution in [-0.2, 0) is 10.5 Å². The molecule has 0 radical (unpaired) electrons. The number of thioether (sulfide) groups is 1. The zero-order valence-corrected chi connectivity index (χ0v) is 21.2. The Hall–Kier alpha value is -3.32. The monoisotopic (exact) mass is 487 g/mol. The lowest BCUT2D eigenvalue weighted by Crippen LogP contribution is -2.37. The van der Waals surface area contributed by atoms with Gasteiger partial charge in [-0.05, 0) is 42.0 Å². The Morgan fingerprint density at radius 3 is 2.46 bits per heavy atom. The molecule has 1 atom stereocenters. The minimum Gasteiger partial charge on any atom is -0.497 e. The number of hydrogen-bond donors (Lipinski definition) is 2. The van der Waals surface area contributed by atoms with E-state index in [1.165, 1.54) is 17.3 Å². The van der Waals surface area contributed by atoms with Gasteiger partial charge in [0.25, 0.3) is 5.56 Å². The van der Waals surface area contributed by atoms with Crippen molar-refractivity contribution in [3.8, 4) is 5.75 Å². The first-order valence-corrected chi connectivity index (χ1v) is 12.7. The van der Waals surface area contributed by atoms with Crippen molar-refractivity contribution in [1.29, 1.82) is 0 Å². The first-order valence-electron chi connectivity index (χ1n) is 11.7. The van der Waals surface area contributed by atoms with Crippen LogP contribution in [0.15, 0.2) is 69.8 Å². The molecule has 0 amide bonds. The van der Waals surface area contributed by atoms with Gasteiger partial charge in [0, 0.05) is 29.4 Å². The number of rotatable bonds is 5. The number of aromatic amines is 1. The standard InChI is InChI=1S/C28H29N3O3S/c1-16-5-7-17(8-6-16)15-35-27-30-25-24(26(33)31-27)22(18-9-11-19(34-4)12-10-18)23-20(29-25)13-28(2,3)14-21(23)32/h5-12,22H,13-15H2,1-4H3,(H2,29,30,31,33). The maximum atomic E-state index is 13.4. The second kappa shape index (κ2) is 9.04. The summed E-state index contributed by atoms with van der Waals surface area (Å²) in [6.45, 7) is 6.26. The summed E-state index contributed by atoms with van der Waals surface area (Å²) >= 11 is 1.49. The Bertz CT molecular complexity index is 1370. The van der Waals surface area contributed by atoms with Crippen molar-refractivity contribution >= 4 is 23.4 Å². The number of H-pyrrole nitrogens is 1. The topological polar surface area (TPSA) is 84.1 Å². The summed E-state index contributed by atoms with van der Waals surface area (Å²) in [5, 5.41) is 3.94. The first kappa shape index (κ1) is 23.4. The molecule has 2 aromatic carbocycles. The van der Waals surface area contributed by atoms with Crippen molar-refractivity contribution in [2.75, 3.05) is 12.4 Å². The molecule has 2 heterocycles. The van der Waals surface area contributed by atoms with Crippen LogP contribution < -0.4 is 15.6 Å². The normalized spacial score (nSPS) is 18.5. The van der Waals surface area contributed by atoms with E-state index < -0.39 is 5.92 Å². The number of aromatic nitrogens is 2. The van der Waals surface area contributed by atoms with Gasteiger partial charge in [-0.2, -0.15) is 0 Å². The molecule has 5 rings (SSSR count). The summed E-state index contributed by atoms with van der Waals surface area (Å²) in [4.78, 5) is 34.6. The lowest BCUT2D eigenvalue weighted by atomic mass is 9.69. The van der Waals surface area contributed by atoms with Gasteiger partial charge in [0.2, 0.25) is 0 Å². The fourth-order valence-electron chi connectivity index (χ4n) is 4.93. The number of aryl methyl sites for hydroxylation is 1. The molecule has 2 N–H and O–H groups in total. The van der Waals surface area contributed by atoms with E-state index in [1.807, 2.05) is 24.3 Å². The Morgan fingerprint density at radius 1 is 1.06 bits per heavy atom. The Morgan fingerprint density at radius 2 is 1.77 bits per heavy atom. The number of allylic oxidation sites excluding steroid dienone is 2. The Labute approximate surface area is 209 Å². The Balaban J connectivity index is 1.56. The summed E-state index contributed by atoms with van der Waals surface area (Å²) in [5.41, 5.74) is 4.90. The van der Waals surface area contributed by atoms with Crippen molar-refractivity contribution in [1.82, 2.24) is 9.97 Å². The molecule has 0 saturated carbocycles. The Kier molecular flexibility index (Phi) is 6.05. The summed E-state index contributed by atoms with van der Waals surface area (Å²) in [6.07, 6.45) is 1.17. The molecule has 2 aliphatic rings. The molecule has 0 saturated heterocycles. The van der Waals surface area contributed by atoms with Gasteiger partial charge in [-0.3, -0.25) is 9.59 Å². The molecule has 35 heavy (non-hydrogen) atoms. The number of nitrogens with one attached hydrogen (secondary N) is 2. The molecule has 0 spiro atoms. The number of nitrogens with zero attached hydrogens (tertiary/aromatic N) is 1. The first-order chi connectivity index (χ1) is 16.7. The van der Waals surface area contributed by atoms with Gasteiger partial charge in [0.1, 0.15) is 11.6 Å². The molecule has 3 aromatic rings. The number of Topliss-reactive ketones (excluding diaryl/α,β-unsaturated/α-hetero) is 1. The molecule has 1 unspecified atom stereocenters. The number of methoxy groups -OCH3 is 1. The molecule has 0 fully saturated rings. The van der Waals surface area contributed by atoms with Crippen molar-refractivity contribution in [3.63, 3.8) is 0 Å². The average Bonchev–Trinajstić information content (AvgIpc) is 2.81. The van der Waals surface area contributed by atoms with E-state index in [0.717, 1.165) is 29.0 Å².